The van der Waals surface area contributed by atoms with Crippen molar-refractivity contribution < 1.29 is 4.79 Å². The van der Waals surface area contributed by atoms with E-state index in [2.05, 4.69) is 41.3 Å². The van der Waals surface area contributed by atoms with Crippen molar-refractivity contribution in [2.24, 2.45) is 5.92 Å². The maximum absolute atomic E-state index is 12.0. The molecule has 5 nitrogen and oxygen atoms in total. The van der Waals surface area contributed by atoms with Gasteiger partial charge in [0.25, 0.3) is 0 Å². The van der Waals surface area contributed by atoms with Gasteiger partial charge in [-0.1, -0.05) is 44.2 Å². The summed E-state index contributed by atoms with van der Waals surface area (Å²) >= 11 is 0. The zero-order valence-electron chi connectivity index (χ0n) is 14.6. The molecule has 0 radical (unpaired) electrons. The van der Waals surface area contributed by atoms with Gasteiger partial charge >= 0.3 is 6.03 Å². The van der Waals surface area contributed by atoms with Gasteiger partial charge in [-0.3, -0.25) is 4.90 Å². The lowest BCUT2D eigenvalue weighted by molar-refractivity contribution is 0.0887. The topological polar surface area (TPSA) is 47.6 Å². The molecule has 1 aromatic carbocycles. The molecule has 0 aromatic heterocycles. The molecular formula is C18H30N4O. The van der Waals surface area contributed by atoms with E-state index in [0.29, 0.717) is 25.0 Å². The van der Waals surface area contributed by atoms with Crippen LogP contribution in [-0.2, 0) is 6.54 Å². The highest BCUT2D eigenvalue weighted by molar-refractivity contribution is 5.73. The summed E-state index contributed by atoms with van der Waals surface area (Å²) in [5.41, 5.74) is 1.11. The van der Waals surface area contributed by atoms with Gasteiger partial charge in [0.1, 0.15) is 0 Å². The molecule has 0 aliphatic carbocycles. The van der Waals surface area contributed by atoms with Crippen LogP contribution in [0.4, 0.5) is 4.79 Å². The summed E-state index contributed by atoms with van der Waals surface area (Å²) in [5.74, 6) is 0.521. The second-order valence-electron chi connectivity index (χ2n) is 6.70. The fourth-order valence-corrected chi connectivity index (χ4v) is 2.98. The van der Waals surface area contributed by atoms with Crippen LogP contribution in [0.5, 0.6) is 0 Å². The smallest absolute Gasteiger partial charge is 0.315 e. The molecule has 1 saturated heterocycles. The SMILES string of the molecule is CC(C)C(CNC(=O)NCc1ccccc1)N1CCN(C)CC1. The lowest BCUT2D eigenvalue weighted by Gasteiger charge is -2.39. The van der Waals surface area contributed by atoms with Crippen molar-refractivity contribution in [2.45, 2.75) is 26.4 Å². The first-order valence-corrected chi connectivity index (χ1v) is 8.54. The number of piperazine rings is 1. The Morgan fingerprint density at radius 2 is 1.74 bits per heavy atom. The standard InChI is InChI=1S/C18H30N4O/c1-15(2)17(22-11-9-21(3)10-12-22)14-20-18(23)19-13-16-7-5-4-6-8-16/h4-8,15,17H,9-14H2,1-3H3,(H2,19,20,23). The van der Waals surface area contributed by atoms with Gasteiger partial charge in [-0.25, -0.2) is 4.79 Å². The first kappa shape index (κ1) is 17.8. The van der Waals surface area contributed by atoms with E-state index in [1.165, 1.54) is 0 Å². The Bertz CT molecular complexity index is 469. The van der Waals surface area contributed by atoms with Crippen LogP contribution in [0.3, 0.4) is 0 Å². The summed E-state index contributed by atoms with van der Waals surface area (Å²) in [5, 5.41) is 5.96. The summed E-state index contributed by atoms with van der Waals surface area (Å²) in [4.78, 5) is 16.9. The van der Waals surface area contributed by atoms with Crippen molar-refractivity contribution in [1.29, 1.82) is 0 Å². The number of likely N-dealkylation sites (N-methyl/N-ethyl adjacent to an activating group) is 1. The molecule has 1 fully saturated rings. The Morgan fingerprint density at radius 1 is 1.09 bits per heavy atom. The van der Waals surface area contributed by atoms with Gasteiger partial charge in [-0.2, -0.15) is 0 Å². The fourth-order valence-electron chi connectivity index (χ4n) is 2.98. The van der Waals surface area contributed by atoms with Crippen LogP contribution in [0.2, 0.25) is 0 Å². The molecular weight excluding hydrogens is 288 g/mol. The Kier molecular flexibility index (Phi) is 6.86. The summed E-state index contributed by atoms with van der Waals surface area (Å²) < 4.78 is 0. The number of benzene rings is 1. The highest BCUT2D eigenvalue weighted by atomic mass is 16.2. The van der Waals surface area contributed by atoms with Crippen LogP contribution in [-0.4, -0.2) is 61.6 Å². The van der Waals surface area contributed by atoms with E-state index in [0.717, 1.165) is 31.7 Å². The molecule has 0 spiro atoms. The second-order valence-corrected chi connectivity index (χ2v) is 6.70. The average molecular weight is 318 g/mol. The number of amides is 2. The number of nitrogens with zero attached hydrogens (tertiary/aromatic N) is 2. The maximum Gasteiger partial charge on any atom is 0.315 e. The molecule has 1 unspecified atom stereocenters. The first-order valence-electron chi connectivity index (χ1n) is 8.54. The highest BCUT2D eigenvalue weighted by Crippen LogP contribution is 2.12. The van der Waals surface area contributed by atoms with Crippen LogP contribution in [0.15, 0.2) is 30.3 Å². The molecule has 1 aliphatic rings. The third-order valence-electron chi connectivity index (χ3n) is 4.54. The molecule has 2 amide bonds. The lowest BCUT2D eigenvalue weighted by Crippen LogP contribution is -2.54. The molecule has 1 aromatic rings. The Balaban J connectivity index is 1.76. The summed E-state index contributed by atoms with van der Waals surface area (Å²) in [7, 11) is 2.16. The van der Waals surface area contributed by atoms with Crippen LogP contribution in [0.25, 0.3) is 0 Å². The van der Waals surface area contributed by atoms with Crippen molar-refractivity contribution in [3.8, 4) is 0 Å². The average Bonchev–Trinajstić information content (AvgIpc) is 2.55. The molecule has 23 heavy (non-hydrogen) atoms. The minimum Gasteiger partial charge on any atom is -0.337 e. The number of nitrogens with one attached hydrogen (secondary N) is 2. The van der Waals surface area contributed by atoms with E-state index >= 15 is 0 Å². The molecule has 0 bridgehead atoms. The number of hydrogen-bond donors (Lipinski definition) is 2. The highest BCUT2D eigenvalue weighted by Gasteiger charge is 2.25. The molecule has 1 heterocycles. The van der Waals surface area contributed by atoms with E-state index in [9.17, 15) is 4.79 Å². The van der Waals surface area contributed by atoms with Crippen LogP contribution >= 0.6 is 0 Å². The lowest BCUT2D eigenvalue weighted by atomic mass is 10.0. The Hall–Kier alpha value is -1.59. The predicted molar refractivity (Wildman–Crippen MR) is 94.4 cm³/mol. The maximum atomic E-state index is 12.0. The van der Waals surface area contributed by atoms with Gasteiger partial charge in [-0.15, -0.1) is 0 Å². The zero-order chi connectivity index (χ0) is 16.7. The summed E-state index contributed by atoms with van der Waals surface area (Å²) in [6.07, 6.45) is 0. The van der Waals surface area contributed by atoms with Gasteiger partial charge in [0.05, 0.1) is 0 Å². The van der Waals surface area contributed by atoms with E-state index in [4.69, 9.17) is 0 Å². The van der Waals surface area contributed by atoms with Gasteiger partial charge in [0.2, 0.25) is 0 Å². The quantitative estimate of drug-likeness (QED) is 0.840. The number of carbonyl (C=O) groups is 1. The number of rotatable bonds is 6. The zero-order valence-corrected chi connectivity index (χ0v) is 14.6. The predicted octanol–water partition coefficient (Wildman–Crippen LogP) is 1.76. The fraction of sp³-hybridized carbons (Fsp3) is 0.611. The van der Waals surface area contributed by atoms with Crippen molar-refractivity contribution in [3.05, 3.63) is 35.9 Å². The molecule has 1 atom stereocenters. The molecule has 5 heteroatoms. The second kappa shape index (κ2) is 8.89. The summed E-state index contributed by atoms with van der Waals surface area (Å²) in [6, 6.07) is 10.3. The molecule has 128 valence electrons. The van der Waals surface area contributed by atoms with Crippen LogP contribution < -0.4 is 10.6 Å². The van der Waals surface area contributed by atoms with Gasteiger partial charge in [0, 0.05) is 45.3 Å². The van der Waals surface area contributed by atoms with Gasteiger partial charge < -0.3 is 15.5 Å². The monoisotopic (exact) mass is 318 g/mol. The van der Waals surface area contributed by atoms with Crippen LogP contribution in [0.1, 0.15) is 19.4 Å². The van der Waals surface area contributed by atoms with Gasteiger partial charge in [-0.05, 0) is 18.5 Å². The van der Waals surface area contributed by atoms with Crippen molar-refractivity contribution in [2.75, 3.05) is 39.8 Å². The molecule has 2 N–H and O–H groups in total. The number of urea groups is 1. The number of carbonyl (C=O) groups excluding carboxylic acids is 1. The van der Waals surface area contributed by atoms with E-state index in [1.807, 2.05) is 30.3 Å². The third kappa shape index (κ3) is 5.84. The Labute approximate surface area is 140 Å². The first-order chi connectivity index (χ1) is 11.1. The van der Waals surface area contributed by atoms with Crippen molar-refractivity contribution in [1.82, 2.24) is 20.4 Å². The van der Waals surface area contributed by atoms with Crippen molar-refractivity contribution in [3.63, 3.8) is 0 Å². The van der Waals surface area contributed by atoms with E-state index < -0.39 is 0 Å². The number of hydrogen-bond acceptors (Lipinski definition) is 3. The molecule has 1 aliphatic heterocycles. The molecule has 0 saturated carbocycles. The van der Waals surface area contributed by atoms with E-state index in [1.54, 1.807) is 0 Å². The minimum atomic E-state index is -0.0892. The third-order valence-corrected chi connectivity index (χ3v) is 4.54. The molecule has 2 rings (SSSR count). The Morgan fingerprint density at radius 3 is 2.35 bits per heavy atom. The van der Waals surface area contributed by atoms with Gasteiger partial charge in [0.15, 0.2) is 0 Å². The summed E-state index contributed by atoms with van der Waals surface area (Å²) in [6.45, 7) is 10.1. The van der Waals surface area contributed by atoms with Crippen LogP contribution in [0, 0.1) is 5.92 Å². The normalized spacial score (nSPS) is 17.9. The minimum absolute atomic E-state index is 0.0892. The largest absolute Gasteiger partial charge is 0.337 e. The van der Waals surface area contributed by atoms with E-state index in [-0.39, 0.29) is 6.03 Å². The van der Waals surface area contributed by atoms with Crippen molar-refractivity contribution >= 4 is 6.03 Å².